The molecule has 1 aliphatic rings. The van der Waals surface area contributed by atoms with Gasteiger partial charge in [0.15, 0.2) is 0 Å². The highest BCUT2D eigenvalue weighted by atomic mass is 16.5. The monoisotopic (exact) mass is 314 g/mol. The van der Waals surface area contributed by atoms with Crippen molar-refractivity contribution in [2.45, 2.75) is 52.5 Å². The molecule has 3 rings (SSSR count). The van der Waals surface area contributed by atoms with E-state index >= 15 is 0 Å². The van der Waals surface area contributed by atoms with E-state index in [0.29, 0.717) is 6.04 Å². The molecule has 0 bridgehead atoms. The molecule has 6 nitrogen and oxygen atoms in total. The van der Waals surface area contributed by atoms with Crippen LogP contribution in [0.4, 0.5) is 0 Å². The molecular formula is C17H22N4O2. The second-order valence-electron chi connectivity index (χ2n) is 6.14. The molecule has 3 heterocycles. The standard InChI is InChI=1S/C17H22N4O2/c1-11-17(12(2)23-20-11)16-10-18-9-14(19-16)6-7-15-5-4-8-21(15)13(3)22/h9-10,15H,4-8H2,1-3H3/t15-/m1/s1. The normalized spacial score (nSPS) is 17.7. The van der Waals surface area contributed by atoms with Gasteiger partial charge in [0.1, 0.15) is 5.76 Å². The first kappa shape index (κ1) is 15.6. The van der Waals surface area contributed by atoms with E-state index in [1.54, 1.807) is 19.3 Å². The molecule has 0 radical (unpaired) electrons. The number of hydrogen-bond donors (Lipinski definition) is 0. The summed E-state index contributed by atoms with van der Waals surface area (Å²) in [6, 6.07) is 0.331. The molecular weight excluding hydrogens is 292 g/mol. The molecule has 1 amide bonds. The summed E-state index contributed by atoms with van der Waals surface area (Å²) < 4.78 is 5.21. The van der Waals surface area contributed by atoms with Crippen molar-refractivity contribution in [1.29, 1.82) is 0 Å². The Balaban J connectivity index is 1.72. The quantitative estimate of drug-likeness (QED) is 0.867. The van der Waals surface area contributed by atoms with Gasteiger partial charge in [-0.3, -0.25) is 9.78 Å². The van der Waals surface area contributed by atoms with Crippen molar-refractivity contribution in [1.82, 2.24) is 20.0 Å². The fraction of sp³-hybridized carbons (Fsp3) is 0.529. The highest BCUT2D eigenvalue weighted by Gasteiger charge is 2.26. The van der Waals surface area contributed by atoms with E-state index in [1.165, 1.54) is 0 Å². The Labute approximate surface area is 135 Å². The van der Waals surface area contributed by atoms with E-state index in [2.05, 4.69) is 10.1 Å². The predicted octanol–water partition coefficient (Wildman–Crippen LogP) is 2.69. The maximum absolute atomic E-state index is 11.6. The minimum absolute atomic E-state index is 0.169. The van der Waals surface area contributed by atoms with Gasteiger partial charge in [-0.25, -0.2) is 4.98 Å². The highest BCUT2D eigenvalue weighted by molar-refractivity contribution is 5.73. The van der Waals surface area contributed by atoms with E-state index < -0.39 is 0 Å². The Morgan fingerprint density at radius 1 is 1.39 bits per heavy atom. The van der Waals surface area contributed by atoms with Crippen LogP contribution in [0.2, 0.25) is 0 Å². The van der Waals surface area contributed by atoms with Gasteiger partial charge < -0.3 is 9.42 Å². The molecule has 0 N–H and O–H groups in total. The summed E-state index contributed by atoms with van der Waals surface area (Å²) >= 11 is 0. The van der Waals surface area contributed by atoms with Crippen molar-refractivity contribution in [3.8, 4) is 11.3 Å². The molecule has 2 aromatic rings. The predicted molar refractivity (Wildman–Crippen MR) is 85.7 cm³/mol. The van der Waals surface area contributed by atoms with Gasteiger partial charge in [-0.05, 0) is 39.5 Å². The Bertz CT molecular complexity index is 691. The third kappa shape index (κ3) is 3.25. The lowest BCUT2D eigenvalue weighted by Crippen LogP contribution is -2.33. The van der Waals surface area contributed by atoms with Crippen molar-refractivity contribution in [2.75, 3.05) is 6.54 Å². The Hall–Kier alpha value is -2.24. The van der Waals surface area contributed by atoms with E-state index in [0.717, 1.165) is 60.6 Å². The molecule has 1 aliphatic heterocycles. The second-order valence-corrected chi connectivity index (χ2v) is 6.14. The number of amides is 1. The zero-order valence-corrected chi connectivity index (χ0v) is 13.9. The van der Waals surface area contributed by atoms with Crippen molar-refractivity contribution in [3.05, 3.63) is 29.5 Å². The average Bonchev–Trinajstić information content (AvgIpc) is 3.12. The van der Waals surface area contributed by atoms with E-state index in [-0.39, 0.29) is 5.91 Å². The van der Waals surface area contributed by atoms with Crippen molar-refractivity contribution in [3.63, 3.8) is 0 Å². The lowest BCUT2D eigenvalue weighted by Gasteiger charge is -2.23. The van der Waals surface area contributed by atoms with Crippen molar-refractivity contribution in [2.24, 2.45) is 0 Å². The summed E-state index contributed by atoms with van der Waals surface area (Å²) in [5.41, 5.74) is 3.49. The van der Waals surface area contributed by atoms with E-state index in [9.17, 15) is 4.79 Å². The highest BCUT2D eigenvalue weighted by Crippen LogP contribution is 2.25. The van der Waals surface area contributed by atoms with Gasteiger partial charge in [0.25, 0.3) is 0 Å². The van der Waals surface area contributed by atoms with Gasteiger partial charge in [-0.15, -0.1) is 0 Å². The van der Waals surface area contributed by atoms with Crippen LogP contribution in [-0.4, -0.2) is 38.5 Å². The number of aromatic nitrogens is 3. The Morgan fingerprint density at radius 2 is 2.22 bits per heavy atom. The van der Waals surface area contributed by atoms with Crippen LogP contribution in [0.25, 0.3) is 11.3 Å². The van der Waals surface area contributed by atoms with Gasteiger partial charge in [0.2, 0.25) is 5.91 Å². The number of carbonyl (C=O) groups excluding carboxylic acids is 1. The zero-order valence-electron chi connectivity index (χ0n) is 13.9. The Kier molecular flexibility index (Phi) is 4.41. The average molecular weight is 314 g/mol. The third-order valence-electron chi connectivity index (χ3n) is 4.49. The summed E-state index contributed by atoms with van der Waals surface area (Å²) in [4.78, 5) is 22.6. The maximum Gasteiger partial charge on any atom is 0.219 e. The molecule has 6 heteroatoms. The molecule has 0 saturated carbocycles. The number of aryl methyl sites for hydroxylation is 3. The summed E-state index contributed by atoms with van der Waals surface area (Å²) in [6.45, 7) is 6.32. The van der Waals surface area contributed by atoms with Crippen LogP contribution in [-0.2, 0) is 11.2 Å². The summed E-state index contributed by atoms with van der Waals surface area (Å²) in [5, 5.41) is 3.97. The minimum Gasteiger partial charge on any atom is -0.361 e. The smallest absolute Gasteiger partial charge is 0.219 e. The van der Waals surface area contributed by atoms with Gasteiger partial charge >= 0.3 is 0 Å². The van der Waals surface area contributed by atoms with Gasteiger partial charge in [0.05, 0.1) is 28.8 Å². The van der Waals surface area contributed by atoms with Crippen LogP contribution < -0.4 is 0 Å². The number of hydrogen-bond acceptors (Lipinski definition) is 5. The summed E-state index contributed by atoms with van der Waals surface area (Å²) in [6.07, 6.45) is 7.46. The first-order valence-electron chi connectivity index (χ1n) is 8.07. The number of carbonyl (C=O) groups is 1. The molecule has 0 aromatic carbocycles. The van der Waals surface area contributed by atoms with Crippen LogP contribution >= 0.6 is 0 Å². The van der Waals surface area contributed by atoms with Gasteiger partial charge in [-0.2, -0.15) is 0 Å². The Morgan fingerprint density at radius 3 is 2.91 bits per heavy atom. The second kappa shape index (κ2) is 6.48. The summed E-state index contributed by atoms with van der Waals surface area (Å²) in [7, 11) is 0. The van der Waals surface area contributed by atoms with Crippen molar-refractivity contribution >= 4 is 5.91 Å². The molecule has 0 aliphatic carbocycles. The largest absolute Gasteiger partial charge is 0.361 e. The fourth-order valence-corrected chi connectivity index (χ4v) is 3.36. The van der Waals surface area contributed by atoms with Crippen LogP contribution in [0.15, 0.2) is 16.9 Å². The van der Waals surface area contributed by atoms with Crippen molar-refractivity contribution < 1.29 is 9.32 Å². The van der Waals surface area contributed by atoms with Crippen LogP contribution in [0.3, 0.4) is 0 Å². The summed E-state index contributed by atoms with van der Waals surface area (Å²) in [5.74, 6) is 0.926. The number of likely N-dealkylation sites (tertiary alicyclic amines) is 1. The topological polar surface area (TPSA) is 72.1 Å². The molecule has 1 saturated heterocycles. The molecule has 2 aromatic heterocycles. The SMILES string of the molecule is CC(=O)N1CCC[C@@H]1CCc1cncc(-c2c(C)noc2C)n1. The van der Waals surface area contributed by atoms with E-state index in [1.807, 2.05) is 18.7 Å². The lowest BCUT2D eigenvalue weighted by atomic mass is 10.1. The number of nitrogens with zero attached hydrogens (tertiary/aromatic N) is 4. The molecule has 1 fully saturated rings. The van der Waals surface area contributed by atoms with Gasteiger partial charge in [0, 0.05) is 25.7 Å². The molecule has 0 unspecified atom stereocenters. The molecule has 122 valence electrons. The fourth-order valence-electron chi connectivity index (χ4n) is 3.36. The van der Waals surface area contributed by atoms with Crippen LogP contribution in [0.5, 0.6) is 0 Å². The maximum atomic E-state index is 11.6. The zero-order chi connectivity index (χ0) is 16.4. The lowest BCUT2D eigenvalue weighted by molar-refractivity contribution is -0.129. The van der Waals surface area contributed by atoms with Crippen LogP contribution in [0.1, 0.15) is 43.3 Å². The molecule has 1 atom stereocenters. The number of rotatable bonds is 4. The first-order chi connectivity index (χ1) is 11.1. The molecule has 23 heavy (non-hydrogen) atoms. The van der Waals surface area contributed by atoms with Crippen LogP contribution in [0, 0.1) is 13.8 Å². The molecule has 0 spiro atoms. The van der Waals surface area contributed by atoms with Gasteiger partial charge in [-0.1, -0.05) is 5.16 Å². The van der Waals surface area contributed by atoms with E-state index in [4.69, 9.17) is 9.51 Å². The third-order valence-corrected chi connectivity index (χ3v) is 4.49. The minimum atomic E-state index is 0.169. The first-order valence-corrected chi connectivity index (χ1v) is 8.07.